The van der Waals surface area contributed by atoms with Gasteiger partial charge < -0.3 is 16.2 Å². The number of halogens is 4. The van der Waals surface area contributed by atoms with E-state index < -0.39 is 58.3 Å². The van der Waals surface area contributed by atoms with Crippen molar-refractivity contribution in [3.8, 4) is 22.3 Å². The predicted octanol–water partition coefficient (Wildman–Crippen LogP) is 6.49. The monoisotopic (exact) mass is 750 g/mol. The third-order valence-electron chi connectivity index (χ3n) is 8.45. The first-order valence-corrected chi connectivity index (χ1v) is 16.6. The van der Waals surface area contributed by atoms with Gasteiger partial charge in [-0.25, -0.2) is 32.3 Å². The first-order valence-electron chi connectivity index (χ1n) is 16.6. The van der Waals surface area contributed by atoms with E-state index in [1.54, 1.807) is 19.9 Å². The predicted molar refractivity (Wildman–Crippen MR) is 196 cm³/mol. The van der Waals surface area contributed by atoms with Crippen LogP contribution in [-0.2, 0) is 0 Å². The van der Waals surface area contributed by atoms with Crippen molar-refractivity contribution in [3.63, 3.8) is 0 Å². The van der Waals surface area contributed by atoms with Crippen LogP contribution in [0, 0.1) is 23.3 Å². The molecule has 11 nitrogen and oxygen atoms in total. The summed E-state index contributed by atoms with van der Waals surface area (Å²) in [5.41, 5.74) is 6.14. The number of aromatic carboxylic acids is 1. The number of carbonyl (C=O) groups is 2. The van der Waals surface area contributed by atoms with Crippen LogP contribution >= 0.6 is 0 Å². The third kappa shape index (κ3) is 7.87. The number of hydrogen-bond acceptors (Lipinski definition) is 7. The van der Waals surface area contributed by atoms with Gasteiger partial charge in [0.25, 0.3) is 17.0 Å². The number of aromatic nitrogens is 4. The maximum Gasteiger partial charge on any atom is 0.336 e. The molecule has 7 rings (SSSR count). The first kappa shape index (κ1) is 37.7. The summed E-state index contributed by atoms with van der Waals surface area (Å²) in [5, 5.41) is 12.0. The summed E-state index contributed by atoms with van der Waals surface area (Å²) in [6.07, 6.45) is 2.03. The molecule has 278 valence electrons. The van der Waals surface area contributed by atoms with Crippen molar-refractivity contribution in [2.24, 2.45) is 5.73 Å². The van der Waals surface area contributed by atoms with E-state index in [1.807, 2.05) is 0 Å². The highest BCUT2D eigenvalue weighted by Gasteiger charge is 2.24. The van der Waals surface area contributed by atoms with E-state index in [9.17, 15) is 41.8 Å². The van der Waals surface area contributed by atoms with Crippen LogP contribution in [0.25, 0.3) is 33.5 Å². The lowest BCUT2D eigenvalue weighted by Gasteiger charge is -2.18. The molecule has 0 saturated heterocycles. The van der Waals surface area contributed by atoms with Crippen LogP contribution in [0.3, 0.4) is 0 Å². The Morgan fingerprint density at radius 3 is 1.60 bits per heavy atom. The van der Waals surface area contributed by atoms with Crippen LogP contribution in [0.15, 0.2) is 119 Å². The lowest BCUT2D eigenvalue weighted by atomic mass is 10.0. The quantitative estimate of drug-likeness (QED) is 0.156. The fourth-order valence-electron chi connectivity index (χ4n) is 5.94. The van der Waals surface area contributed by atoms with Gasteiger partial charge in [0.1, 0.15) is 34.6 Å². The van der Waals surface area contributed by atoms with Gasteiger partial charge in [0.05, 0.1) is 39.7 Å². The van der Waals surface area contributed by atoms with E-state index in [2.05, 4.69) is 15.3 Å². The van der Waals surface area contributed by atoms with Crippen molar-refractivity contribution in [1.29, 1.82) is 0 Å². The maximum absolute atomic E-state index is 13.9. The number of fused-ring (bicyclic) bond motifs is 2. The second-order valence-electron chi connectivity index (χ2n) is 12.4. The molecular weight excluding hydrogens is 720 g/mol. The maximum atomic E-state index is 13.9. The molecule has 4 aromatic heterocycles. The molecule has 15 heteroatoms. The molecule has 0 bridgehead atoms. The highest BCUT2D eigenvalue weighted by Crippen LogP contribution is 2.27. The summed E-state index contributed by atoms with van der Waals surface area (Å²) in [6, 6.07) is 20.2. The molecule has 2 unspecified atom stereocenters. The normalized spacial score (nSPS) is 12.1. The number of rotatable bonds is 7. The van der Waals surface area contributed by atoms with Crippen LogP contribution in [-0.4, -0.2) is 35.8 Å². The van der Waals surface area contributed by atoms with Gasteiger partial charge in [0.2, 0.25) is 0 Å². The Kier molecular flexibility index (Phi) is 10.7. The summed E-state index contributed by atoms with van der Waals surface area (Å²) in [5.74, 6) is -4.23. The molecule has 0 aliphatic carbocycles. The second-order valence-corrected chi connectivity index (χ2v) is 12.4. The highest BCUT2D eigenvalue weighted by molar-refractivity contribution is 6.04. The standard InChI is InChI=1S/C24H17F2N3O4.C16H13F2N3O/c1-13(27-22(30)17-7-2-3-8-18(17)24(32)33)21-20(14-5-4-6-15(25)11-14)23(31)29-12-16(26)9-10-19(29)28-21;1-9(19)15-14(10-3-2-4-11(17)7-10)16(22)21-8-12(18)5-6-13(21)20-15/h2-13H,1H3,(H,27,30)(H,32,33);2-9H,19H2,1H3. The molecule has 2 atom stereocenters. The molecule has 3 aromatic carbocycles. The van der Waals surface area contributed by atoms with E-state index in [1.165, 1.54) is 78.9 Å². The minimum absolute atomic E-state index is 0.0167. The van der Waals surface area contributed by atoms with E-state index in [-0.39, 0.29) is 39.2 Å². The number of nitrogens with two attached hydrogens (primary N) is 1. The summed E-state index contributed by atoms with van der Waals surface area (Å²) < 4.78 is 56.7. The molecule has 55 heavy (non-hydrogen) atoms. The fraction of sp³-hybridized carbons (Fsp3) is 0.100. The zero-order valence-electron chi connectivity index (χ0n) is 29.0. The SMILES string of the molecule is CC(N)c1nc2ccc(F)cn2c(=O)c1-c1cccc(F)c1.CC(NC(=O)c1ccccc1C(=O)O)c1nc2ccc(F)cn2c(=O)c1-c1cccc(F)c1. The van der Waals surface area contributed by atoms with Gasteiger partial charge in [-0.05, 0) is 85.6 Å². The number of nitrogens with zero attached hydrogens (tertiary/aromatic N) is 4. The van der Waals surface area contributed by atoms with E-state index in [4.69, 9.17) is 5.73 Å². The summed E-state index contributed by atoms with van der Waals surface area (Å²) >= 11 is 0. The van der Waals surface area contributed by atoms with Gasteiger partial charge in [0.15, 0.2) is 0 Å². The van der Waals surface area contributed by atoms with Crippen LogP contribution in [0.4, 0.5) is 17.6 Å². The zero-order valence-corrected chi connectivity index (χ0v) is 29.0. The Morgan fingerprint density at radius 1 is 0.655 bits per heavy atom. The van der Waals surface area contributed by atoms with E-state index in [0.29, 0.717) is 16.9 Å². The molecule has 0 spiro atoms. The summed E-state index contributed by atoms with van der Waals surface area (Å²) in [7, 11) is 0. The van der Waals surface area contributed by atoms with Crippen molar-refractivity contribution < 1.29 is 32.3 Å². The Labute approximate surface area is 309 Å². The van der Waals surface area contributed by atoms with Crippen molar-refractivity contribution in [2.45, 2.75) is 25.9 Å². The number of carboxylic acid groups (broad SMARTS) is 1. The second kappa shape index (κ2) is 15.5. The van der Waals surface area contributed by atoms with Gasteiger partial charge in [0, 0.05) is 18.4 Å². The number of nitrogens with one attached hydrogen (secondary N) is 1. The molecule has 7 aromatic rings. The van der Waals surface area contributed by atoms with Gasteiger partial charge in [-0.3, -0.25) is 23.2 Å². The topological polar surface area (TPSA) is 161 Å². The Morgan fingerprint density at radius 2 is 1.13 bits per heavy atom. The largest absolute Gasteiger partial charge is 0.478 e. The fourth-order valence-corrected chi connectivity index (χ4v) is 5.94. The minimum Gasteiger partial charge on any atom is -0.478 e. The number of amides is 1. The Hall–Kier alpha value is -7.00. The molecule has 0 radical (unpaired) electrons. The van der Waals surface area contributed by atoms with Gasteiger partial charge in [-0.1, -0.05) is 36.4 Å². The first-order chi connectivity index (χ1) is 26.2. The van der Waals surface area contributed by atoms with Gasteiger partial charge in [-0.2, -0.15) is 0 Å². The molecule has 0 aliphatic rings. The van der Waals surface area contributed by atoms with Crippen molar-refractivity contribution in [3.05, 3.63) is 176 Å². The number of carboxylic acids is 1. The molecule has 0 fully saturated rings. The van der Waals surface area contributed by atoms with E-state index in [0.717, 1.165) is 33.3 Å². The molecule has 1 amide bonds. The van der Waals surface area contributed by atoms with Crippen LogP contribution in [0.2, 0.25) is 0 Å². The number of hydrogen-bond donors (Lipinski definition) is 3. The highest BCUT2D eigenvalue weighted by atomic mass is 19.1. The third-order valence-corrected chi connectivity index (χ3v) is 8.45. The lowest BCUT2D eigenvalue weighted by molar-refractivity contribution is 0.0690. The van der Waals surface area contributed by atoms with E-state index >= 15 is 0 Å². The number of benzene rings is 3. The minimum atomic E-state index is -1.27. The van der Waals surface area contributed by atoms with Crippen LogP contribution in [0.1, 0.15) is 58.0 Å². The smallest absolute Gasteiger partial charge is 0.336 e. The molecule has 4 N–H and O–H groups in total. The number of carbonyl (C=O) groups excluding carboxylic acids is 1. The molecule has 0 saturated carbocycles. The average Bonchev–Trinajstić information content (AvgIpc) is 3.15. The zero-order chi connectivity index (χ0) is 39.6. The molecular formula is C40H30F4N6O5. The Balaban J connectivity index is 0.000000203. The number of pyridine rings is 2. The van der Waals surface area contributed by atoms with Crippen molar-refractivity contribution in [2.75, 3.05) is 0 Å². The molecule has 4 heterocycles. The van der Waals surface area contributed by atoms with Gasteiger partial charge >= 0.3 is 5.97 Å². The summed E-state index contributed by atoms with van der Waals surface area (Å²) in [4.78, 5) is 59.0. The summed E-state index contributed by atoms with van der Waals surface area (Å²) in [6.45, 7) is 3.25. The van der Waals surface area contributed by atoms with Crippen LogP contribution < -0.4 is 22.2 Å². The average molecular weight is 751 g/mol. The molecule has 0 aliphatic heterocycles. The van der Waals surface area contributed by atoms with Crippen LogP contribution in [0.5, 0.6) is 0 Å². The Bertz CT molecular complexity index is 2750. The van der Waals surface area contributed by atoms with Gasteiger partial charge in [-0.15, -0.1) is 0 Å². The lowest BCUT2D eigenvalue weighted by Crippen LogP contribution is -2.31. The van der Waals surface area contributed by atoms with Crippen molar-refractivity contribution in [1.82, 2.24) is 24.1 Å². The van der Waals surface area contributed by atoms with Crippen molar-refractivity contribution >= 4 is 23.2 Å².